The highest BCUT2D eigenvalue weighted by Crippen LogP contribution is 1.88. The second-order valence-electron chi connectivity index (χ2n) is 2.42. The SMILES string of the molecule is Cc1cccnc1.O=[N+]([O-])NCCO. The normalized spacial score (nSPS) is 8.43. The quantitative estimate of drug-likeness (QED) is 0.534. The Morgan fingerprint density at radius 1 is 1.71 bits per heavy atom. The summed E-state index contributed by atoms with van der Waals surface area (Å²) in [6, 6.07) is 3.95. The number of nitrogens with one attached hydrogen (secondary N) is 1. The van der Waals surface area contributed by atoms with Gasteiger partial charge < -0.3 is 5.11 Å². The number of nitrogens with zero attached hydrogens (tertiary/aromatic N) is 2. The van der Waals surface area contributed by atoms with Crippen molar-refractivity contribution in [2.24, 2.45) is 0 Å². The van der Waals surface area contributed by atoms with E-state index in [-0.39, 0.29) is 13.2 Å². The molecule has 1 aromatic heterocycles. The second-order valence-corrected chi connectivity index (χ2v) is 2.42. The maximum Gasteiger partial charge on any atom is 0.157 e. The van der Waals surface area contributed by atoms with Gasteiger partial charge in [0.05, 0.1) is 13.2 Å². The maximum absolute atomic E-state index is 9.34. The fourth-order valence-electron chi connectivity index (χ4n) is 0.589. The van der Waals surface area contributed by atoms with Crippen LogP contribution in [0.5, 0.6) is 0 Å². The van der Waals surface area contributed by atoms with Crippen molar-refractivity contribution in [3.63, 3.8) is 0 Å². The van der Waals surface area contributed by atoms with E-state index in [0.717, 1.165) is 0 Å². The summed E-state index contributed by atoms with van der Waals surface area (Å²) in [5, 5.41) is 16.6. The first-order valence-corrected chi connectivity index (χ1v) is 4.02. The van der Waals surface area contributed by atoms with Crippen molar-refractivity contribution in [3.8, 4) is 0 Å². The first kappa shape index (κ1) is 12.3. The molecule has 1 heterocycles. The molecule has 6 heteroatoms. The first-order chi connectivity index (χ1) is 6.66. The van der Waals surface area contributed by atoms with Crippen LogP contribution in [0.4, 0.5) is 0 Å². The number of aromatic nitrogens is 1. The highest BCUT2D eigenvalue weighted by molar-refractivity contribution is 5.04. The van der Waals surface area contributed by atoms with E-state index in [2.05, 4.69) is 4.98 Å². The molecule has 0 aliphatic heterocycles. The summed E-state index contributed by atoms with van der Waals surface area (Å²) in [5.74, 6) is 0. The largest absolute Gasteiger partial charge is 0.394 e. The molecule has 0 spiro atoms. The lowest BCUT2D eigenvalue weighted by Gasteiger charge is -1.87. The number of pyridine rings is 1. The Labute approximate surface area is 81.7 Å². The van der Waals surface area contributed by atoms with Crippen LogP contribution >= 0.6 is 0 Å². The van der Waals surface area contributed by atoms with Crippen molar-refractivity contribution in [3.05, 3.63) is 40.2 Å². The molecule has 0 bridgehead atoms. The van der Waals surface area contributed by atoms with Gasteiger partial charge in [-0.05, 0) is 18.6 Å². The minimum atomic E-state index is -0.698. The predicted molar refractivity (Wildman–Crippen MR) is 51.1 cm³/mol. The smallest absolute Gasteiger partial charge is 0.157 e. The van der Waals surface area contributed by atoms with Crippen molar-refractivity contribution in [2.45, 2.75) is 6.92 Å². The molecule has 0 aliphatic carbocycles. The zero-order valence-electron chi connectivity index (χ0n) is 7.88. The van der Waals surface area contributed by atoms with E-state index >= 15 is 0 Å². The van der Waals surface area contributed by atoms with Gasteiger partial charge in [-0.25, -0.2) is 10.1 Å². The molecule has 0 saturated carbocycles. The molecule has 1 aromatic rings. The monoisotopic (exact) mass is 199 g/mol. The summed E-state index contributed by atoms with van der Waals surface area (Å²) in [6.07, 6.45) is 3.60. The number of aliphatic hydroxyl groups is 1. The predicted octanol–water partition coefficient (Wildman–Crippen LogP) is 0.150. The molecule has 6 nitrogen and oxygen atoms in total. The van der Waals surface area contributed by atoms with Crippen LogP contribution in [0.25, 0.3) is 0 Å². The molecule has 0 aliphatic rings. The molecule has 0 atom stereocenters. The Bertz CT molecular complexity index is 253. The highest BCUT2D eigenvalue weighted by atomic mass is 16.7. The molecule has 1 rings (SSSR count). The lowest BCUT2D eigenvalue weighted by atomic mass is 10.3. The standard InChI is InChI=1S/C6H7N.C2H6N2O3/c1-6-3-2-4-7-5-6;5-2-1-3-4(6)7/h2-5H,1H3;3,5H,1-2H2. The number of hydrogen-bond donors (Lipinski definition) is 2. The number of aryl methyl sites for hydroxylation is 1. The molecule has 0 saturated heterocycles. The van der Waals surface area contributed by atoms with Crippen LogP contribution in [-0.2, 0) is 0 Å². The summed E-state index contributed by atoms with van der Waals surface area (Å²) in [7, 11) is 0. The average Bonchev–Trinajstić information content (AvgIpc) is 2.17. The van der Waals surface area contributed by atoms with Crippen molar-refractivity contribution in [1.29, 1.82) is 0 Å². The van der Waals surface area contributed by atoms with Crippen LogP contribution in [0.1, 0.15) is 5.56 Å². The Morgan fingerprint density at radius 2 is 2.43 bits per heavy atom. The van der Waals surface area contributed by atoms with E-state index in [1.165, 1.54) is 5.56 Å². The molecular formula is C8H13N3O3. The molecule has 0 amide bonds. The lowest BCUT2D eigenvalue weighted by molar-refractivity contribution is -0.544. The van der Waals surface area contributed by atoms with Crippen LogP contribution < -0.4 is 5.43 Å². The molecule has 0 fully saturated rings. The summed E-state index contributed by atoms with van der Waals surface area (Å²) in [4.78, 5) is 13.2. The van der Waals surface area contributed by atoms with Crippen molar-refractivity contribution in [1.82, 2.24) is 10.4 Å². The molecule has 0 radical (unpaired) electrons. The summed E-state index contributed by atoms with van der Waals surface area (Å²) in [5.41, 5.74) is 2.98. The minimum Gasteiger partial charge on any atom is -0.394 e. The van der Waals surface area contributed by atoms with Gasteiger partial charge >= 0.3 is 0 Å². The molecule has 2 N–H and O–H groups in total. The van der Waals surface area contributed by atoms with Gasteiger partial charge in [-0.15, -0.1) is 5.43 Å². The molecular weight excluding hydrogens is 186 g/mol. The third-order valence-electron chi connectivity index (χ3n) is 1.16. The number of hydrogen-bond acceptors (Lipinski definition) is 4. The van der Waals surface area contributed by atoms with Crippen LogP contribution in [0.3, 0.4) is 0 Å². The Hall–Kier alpha value is -1.69. The van der Waals surface area contributed by atoms with Crippen molar-refractivity contribution < 1.29 is 10.1 Å². The van der Waals surface area contributed by atoms with Crippen molar-refractivity contribution >= 4 is 0 Å². The van der Waals surface area contributed by atoms with Gasteiger partial charge in [-0.1, -0.05) is 6.07 Å². The van der Waals surface area contributed by atoms with E-state index in [4.69, 9.17) is 5.11 Å². The zero-order valence-corrected chi connectivity index (χ0v) is 7.88. The van der Waals surface area contributed by atoms with Gasteiger partial charge in [-0.3, -0.25) is 4.98 Å². The topological polar surface area (TPSA) is 88.3 Å². The lowest BCUT2D eigenvalue weighted by Crippen LogP contribution is -2.24. The van der Waals surface area contributed by atoms with E-state index in [0.29, 0.717) is 0 Å². The summed E-state index contributed by atoms with van der Waals surface area (Å²) in [6.45, 7) is 1.82. The third kappa shape index (κ3) is 8.41. The summed E-state index contributed by atoms with van der Waals surface area (Å²) >= 11 is 0. The van der Waals surface area contributed by atoms with Gasteiger partial charge in [-0.2, -0.15) is 0 Å². The number of aliphatic hydroxyl groups excluding tert-OH is 1. The van der Waals surface area contributed by atoms with E-state index < -0.39 is 5.03 Å². The van der Waals surface area contributed by atoms with Crippen LogP contribution in [0.2, 0.25) is 0 Å². The van der Waals surface area contributed by atoms with Crippen molar-refractivity contribution in [2.75, 3.05) is 13.2 Å². The Balaban J connectivity index is 0.000000241. The van der Waals surface area contributed by atoms with Gasteiger partial charge in [0, 0.05) is 12.4 Å². The fourth-order valence-corrected chi connectivity index (χ4v) is 0.589. The van der Waals surface area contributed by atoms with E-state index in [1.54, 1.807) is 11.6 Å². The fraction of sp³-hybridized carbons (Fsp3) is 0.375. The maximum atomic E-state index is 9.34. The molecule has 78 valence electrons. The van der Waals surface area contributed by atoms with E-state index in [9.17, 15) is 10.1 Å². The van der Waals surface area contributed by atoms with Gasteiger partial charge in [0.2, 0.25) is 0 Å². The Kier molecular flexibility index (Phi) is 6.98. The van der Waals surface area contributed by atoms with Crippen LogP contribution in [0, 0.1) is 17.0 Å². The van der Waals surface area contributed by atoms with E-state index in [1.807, 2.05) is 25.3 Å². The second kappa shape index (κ2) is 7.93. The highest BCUT2D eigenvalue weighted by Gasteiger charge is 1.86. The third-order valence-corrected chi connectivity index (χ3v) is 1.16. The van der Waals surface area contributed by atoms with Crippen LogP contribution in [0.15, 0.2) is 24.5 Å². The molecule has 0 aromatic carbocycles. The molecule has 0 unspecified atom stereocenters. The average molecular weight is 199 g/mol. The minimum absolute atomic E-state index is 0.00694. The first-order valence-electron chi connectivity index (χ1n) is 4.02. The summed E-state index contributed by atoms with van der Waals surface area (Å²) < 4.78 is 0. The van der Waals surface area contributed by atoms with Gasteiger partial charge in [0.25, 0.3) is 0 Å². The zero-order chi connectivity index (χ0) is 10.8. The van der Waals surface area contributed by atoms with Crippen LogP contribution in [-0.4, -0.2) is 28.3 Å². The Morgan fingerprint density at radius 3 is 2.64 bits per heavy atom. The van der Waals surface area contributed by atoms with Gasteiger partial charge in [0.1, 0.15) is 0 Å². The number of rotatable bonds is 3. The number of hydrazine groups is 1. The van der Waals surface area contributed by atoms with Gasteiger partial charge in [0.15, 0.2) is 5.03 Å². The number of nitro groups is 1. The molecule has 14 heavy (non-hydrogen) atoms.